The fraction of sp³-hybridized carbons (Fsp3) is 0.125. The van der Waals surface area contributed by atoms with E-state index < -0.39 is 6.16 Å². The summed E-state index contributed by atoms with van der Waals surface area (Å²) < 4.78 is 16.8. The summed E-state index contributed by atoms with van der Waals surface area (Å²) >= 11 is 7.30. The first kappa shape index (κ1) is 22.6. The summed E-state index contributed by atoms with van der Waals surface area (Å²) in [6, 6.07) is 13.8. The molecule has 0 radical (unpaired) electrons. The molecule has 2 heterocycles. The molecule has 7 nitrogen and oxygen atoms in total. The number of hydrogen-bond acceptors (Lipinski definition) is 7. The monoisotopic (exact) mass is 482 g/mol. The van der Waals surface area contributed by atoms with Gasteiger partial charge in [0.1, 0.15) is 12.4 Å². The van der Waals surface area contributed by atoms with Crippen LogP contribution in [-0.2, 0) is 11.3 Å². The third-order valence-electron chi connectivity index (χ3n) is 4.58. The number of halogens is 1. The summed E-state index contributed by atoms with van der Waals surface area (Å²) in [5.74, 6) is 0.692. The molecule has 9 heteroatoms. The van der Waals surface area contributed by atoms with Crippen LogP contribution in [0.2, 0.25) is 5.02 Å². The number of fused-ring (bicyclic) bond motifs is 1. The van der Waals surface area contributed by atoms with Crippen molar-refractivity contribution in [1.29, 1.82) is 0 Å². The Morgan fingerprint density at radius 2 is 1.94 bits per heavy atom. The van der Waals surface area contributed by atoms with E-state index in [-0.39, 0.29) is 19.1 Å². The van der Waals surface area contributed by atoms with Crippen LogP contribution >= 0.6 is 22.9 Å². The SMILES string of the molecule is CCOC(=O)Oc1cncc2c(COc3cccc(NC(=O)c4ccc(Cl)cc4)c3)csc12. The minimum atomic E-state index is -0.768. The van der Waals surface area contributed by atoms with E-state index in [1.54, 1.807) is 61.7 Å². The Bertz CT molecular complexity index is 1290. The molecule has 33 heavy (non-hydrogen) atoms. The Morgan fingerprint density at radius 3 is 2.73 bits per heavy atom. The highest BCUT2D eigenvalue weighted by Gasteiger charge is 2.14. The quantitative estimate of drug-likeness (QED) is 0.310. The zero-order valence-corrected chi connectivity index (χ0v) is 19.1. The molecule has 1 N–H and O–H groups in total. The van der Waals surface area contributed by atoms with Crippen molar-refractivity contribution in [2.24, 2.45) is 0 Å². The van der Waals surface area contributed by atoms with Gasteiger partial charge in [0, 0.05) is 39.5 Å². The molecule has 0 bridgehead atoms. The fourth-order valence-electron chi connectivity index (χ4n) is 3.02. The van der Waals surface area contributed by atoms with E-state index in [1.807, 2.05) is 5.38 Å². The molecule has 0 unspecified atom stereocenters. The number of carbonyl (C=O) groups is 2. The van der Waals surface area contributed by atoms with Gasteiger partial charge in [-0.2, -0.15) is 0 Å². The van der Waals surface area contributed by atoms with Gasteiger partial charge in [0.25, 0.3) is 5.91 Å². The van der Waals surface area contributed by atoms with Gasteiger partial charge >= 0.3 is 6.16 Å². The second-order valence-electron chi connectivity index (χ2n) is 6.84. The first-order valence-electron chi connectivity index (χ1n) is 10.0. The molecule has 4 rings (SSSR count). The summed E-state index contributed by atoms with van der Waals surface area (Å²) in [7, 11) is 0. The van der Waals surface area contributed by atoms with E-state index >= 15 is 0 Å². The maximum Gasteiger partial charge on any atom is 0.513 e. The number of ether oxygens (including phenoxy) is 3. The summed E-state index contributed by atoms with van der Waals surface area (Å²) in [6.45, 7) is 2.21. The molecule has 1 amide bonds. The summed E-state index contributed by atoms with van der Waals surface area (Å²) in [4.78, 5) is 28.2. The molecule has 2 aromatic carbocycles. The highest BCUT2D eigenvalue weighted by atomic mass is 35.5. The Balaban J connectivity index is 1.43. The Hall–Kier alpha value is -3.62. The van der Waals surface area contributed by atoms with Crippen LogP contribution in [0.5, 0.6) is 11.5 Å². The second kappa shape index (κ2) is 10.3. The zero-order chi connectivity index (χ0) is 23.2. The van der Waals surface area contributed by atoms with Crippen LogP contribution in [0.1, 0.15) is 22.8 Å². The van der Waals surface area contributed by atoms with Crippen LogP contribution in [0.4, 0.5) is 10.5 Å². The number of pyridine rings is 1. The highest BCUT2D eigenvalue weighted by molar-refractivity contribution is 7.17. The van der Waals surface area contributed by atoms with Gasteiger partial charge in [-0.3, -0.25) is 9.78 Å². The molecule has 0 aliphatic heterocycles. The van der Waals surface area contributed by atoms with Crippen LogP contribution in [0.25, 0.3) is 10.1 Å². The van der Waals surface area contributed by atoms with Crippen LogP contribution < -0.4 is 14.8 Å². The number of anilines is 1. The Labute approximate surface area is 198 Å². The van der Waals surface area contributed by atoms with E-state index in [2.05, 4.69) is 10.3 Å². The van der Waals surface area contributed by atoms with E-state index in [4.69, 9.17) is 25.8 Å². The molecule has 0 saturated carbocycles. The number of carbonyl (C=O) groups excluding carboxylic acids is 2. The Morgan fingerprint density at radius 1 is 1.12 bits per heavy atom. The minimum absolute atomic E-state index is 0.227. The third kappa shape index (κ3) is 5.60. The van der Waals surface area contributed by atoms with Gasteiger partial charge in [-0.1, -0.05) is 17.7 Å². The number of nitrogens with one attached hydrogen (secondary N) is 1. The van der Waals surface area contributed by atoms with Crippen molar-refractivity contribution in [1.82, 2.24) is 4.98 Å². The van der Waals surface area contributed by atoms with Crippen molar-refractivity contribution >= 4 is 50.8 Å². The summed E-state index contributed by atoms with van der Waals surface area (Å²) in [5.41, 5.74) is 2.01. The van der Waals surface area contributed by atoms with Crippen LogP contribution in [0.15, 0.2) is 66.3 Å². The molecular weight excluding hydrogens is 464 g/mol. The average molecular weight is 483 g/mol. The predicted molar refractivity (Wildman–Crippen MR) is 127 cm³/mol. The Kier molecular flexibility index (Phi) is 7.07. The van der Waals surface area contributed by atoms with E-state index in [9.17, 15) is 9.59 Å². The van der Waals surface area contributed by atoms with Crippen molar-refractivity contribution < 1.29 is 23.8 Å². The minimum Gasteiger partial charge on any atom is -0.489 e. The smallest absolute Gasteiger partial charge is 0.489 e. The van der Waals surface area contributed by atoms with Crippen molar-refractivity contribution in [3.8, 4) is 11.5 Å². The summed E-state index contributed by atoms with van der Waals surface area (Å²) in [6.07, 6.45) is 2.41. The molecule has 0 aliphatic rings. The standard InChI is InChI=1S/C24H19ClN2O5S/c1-2-30-24(29)32-21-12-26-11-20-16(14-33-22(20)21)13-31-19-5-3-4-18(10-19)27-23(28)15-6-8-17(25)9-7-15/h3-12,14H,2,13H2,1H3,(H,27,28). The van der Waals surface area contributed by atoms with Gasteiger partial charge in [-0.05, 0) is 48.7 Å². The first-order chi connectivity index (χ1) is 16.0. The number of rotatable bonds is 7. The number of aromatic nitrogens is 1. The molecule has 0 fully saturated rings. The van der Waals surface area contributed by atoms with Gasteiger partial charge in [0.15, 0.2) is 5.75 Å². The van der Waals surface area contributed by atoms with E-state index in [1.165, 1.54) is 17.5 Å². The molecule has 168 valence electrons. The largest absolute Gasteiger partial charge is 0.513 e. The maximum atomic E-state index is 12.4. The molecule has 4 aromatic rings. The van der Waals surface area contributed by atoms with Gasteiger partial charge in [-0.15, -0.1) is 11.3 Å². The van der Waals surface area contributed by atoms with Crippen molar-refractivity contribution in [3.05, 3.63) is 82.5 Å². The molecule has 0 atom stereocenters. The number of thiophene rings is 1. The van der Waals surface area contributed by atoms with Gasteiger partial charge in [0.05, 0.1) is 17.5 Å². The lowest BCUT2D eigenvalue weighted by Gasteiger charge is -2.09. The molecule has 0 spiro atoms. The van der Waals surface area contributed by atoms with Crippen LogP contribution in [0, 0.1) is 0 Å². The van der Waals surface area contributed by atoms with E-state index in [0.29, 0.717) is 27.8 Å². The van der Waals surface area contributed by atoms with Crippen LogP contribution in [0.3, 0.4) is 0 Å². The van der Waals surface area contributed by atoms with Crippen LogP contribution in [-0.4, -0.2) is 23.7 Å². The highest BCUT2D eigenvalue weighted by Crippen LogP contribution is 2.34. The molecule has 2 aromatic heterocycles. The third-order valence-corrected chi connectivity index (χ3v) is 5.89. The predicted octanol–water partition coefficient (Wildman–Crippen LogP) is 6.32. The molecular formula is C24H19ClN2O5S. The normalized spacial score (nSPS) is 10.6. The lowest BCUT2D eigenvalue weighted by Crippen LogP contribution is -2.11. The second-order valence-corrected chi connectivity index (χ2v) is 8.15. The summed E-state index contributed by atoms with van der Waals surface area (Å²) in [5, 5.41) is 6.17. The topological polar surface area (TPSA) is 86.8 Å². The lowest BCUT2D eigenvalue weighted by molar-refractivity contribution is 0.102. The van der Waals surface area contributed by atoms with Crippen molar-refractivity contribution in [2.45, 2.75) is 13.5 Å². The number of nitrogens with zero attached hydrogens (tertiary/aromatic N) is 1. The number of amides is 1. The van der Waals surface area contributed by atoms with Gasteiger partial charge < -0.3 is 19.5 Å². The first-order valence-corrected chi connectivity index (χ1v) is 11.3. The molecule has 0 saturated heterocycles. The lowest BCUT2D eigenvalue weighted by atomic mass is 10.2. The van der Waals surface area contributed by atoms with E-state index in [0.717, 1.165) is 15.6 Å². The zero-order valence-electron chi connectivity index (χ0n) is 17.5. The average Bonchev–Trinajstić information content (AvgIpc) is 3.23. The number of hydrogen-bond donors (Lipinski definition) is 1. The van der Waals surface area contributed by atoms with Gasteiger partial charge in [-0.25, -0.2) is 4.79 Å². The van der Waals surface area contributed by atoms with Gasteiger partial charge in [0.2, 0.25) is 0 Å². The maximum absolute atomic E-state index is 12.4. The van der Waals surface area contributed by atoms with Crippen molar-refractivity contribution in [2.75, 3.05) is 11.9 Å². The van der Waals surface area contributed by atoms with Crippen molar-refractivity contribution in [3.63, 3.8) is 0 Å². The number of benzene rings is 2. The fourth-order valence-corrected chi connectivity index (χ4v) is 4.13. The molecule has 0 aliphatic carbocycles.